The SMILES string of the molecule is CC1(C)[C@@H]2CC(=NCc3ccccn3)[C@@](C)(O)[C@H]1C2. The van der Waals surface area contributed by atoms with Crippen LogP contribution in [0.4, 0.5) is 0 Å². The molecule has 0 saturated heterocycles. The Morgan fingerprint density at radius 3 is 2.74 bits per heavy atom. The topological polar surface area (TPSA) is 45.5 Å². The first kappa shape index (κ1) is 12.8. The minimum Gasteiger partial charge on any atom is -0.384 e. The summed E-state index contributed by atoms with van der Waals surface area (Å²) in [6, 6.07) is 5.86. The van der Waals surface area contributed by atoms with E-state index in [1.807, 2.05) is 25.1 Å². The minimum atomic E-state index is -0.743. The molecule has 3 heteroatoms. The van der Waals surface area contributed by atoms with Gasteiger partial charge in [0.15, 0.2) is 0 Å². The quantitative estimate of drug-likeness (QED) is 0.886. The van der Waals surface area contributed by atoms with Crippen molar-refractivity contribution >= 4 is 5.71 Å². The van der Waals surface area contributed by atoms with Gasteiger partial charge in [-0.05, 0) is 49.1 Å². The number of hydrogen-bond donors (Lipinski definition) is 1. The van der Waals surface area contributed by atoms with Crippen molar-refractivity contribution in [3.05, 3.63) is 30.1 Å². The average molecular weight is 258 g/mol. The van der Waals surface area contributed by atoms with Gasteiger partial charge in [-0.3, -0.25) is 9.98 Å². The lowest BCUT2D eigenvalue weighted by Gasteiger charge is -2.62. The van der Waals surface area contributed by atoms with Gasteiger partial charge in [0.25, 0.3) is 0 Å². The molecule has 2 bridgehead atoms. The second-order valence-corrected chi connectivity index (χ2v) is 6.74. The lowest BCUT2D eigenvalue weighted by atomic mass is 9.44. The zero-order valence-corrected chi connectivity index (χ0v) is 11.9. The average Bonchev–Trinajstić information content (AvgIpc) is 2.37. The van der Waals surface area contributed by atoms with Gasteiger partial charge >= 0.3 is 0 Å². The van der Waals surface area contributed by atoms with E-state index in [9.17, 15) is 5.11 Å². The Balaban J connectivity index is 1.80. The fourth-order valence-corrected chi connectivity index (χ4v) is 3.85. The van der Waals surface area contributed by atoms with E-state index < -0.39 is 5.60 Å². The molecule has 0 amide bonds. The lowest BCUT2D eigenvalue weighted by Crippen LogP contribution is -2.64. The van der Waals surface area contributed by atoms with E-state index in [0.29, 0.717) is 18.4 Å². The molecular weight excluding hydrogens is 236 g/mol. The molecular formula is C16H22N2O. The van der Waals surface area contributed by atoms with Gasteiger partial charge in [-0.2, -0.15) is 0 Å². The Morgan fingerprint density at radius 2 is 2.16 bits per heavy atom. The van der Waals surface area contributed by atoms with E-state index in [1.165, 1.54) is 0 Å². The summed E-state index contributed by atoms with van der Waals surface area (Å²) < 4.78 is 0. The number of aliphatic hydroxyl groups is 1. The predicted octanol–water partition coefficient (Wildman–Crippen LogP) is 2.84. The molecule has 0 spiro atoms. The van der Waals surface area contributed by atoms with Crippen molar-refractivity contribution in [2.75, 3.05) is 0 Å². The monoisotopic (exact) mass is 258 g/mol. The number of hydrogen-bond acceptors (Lipinski definition) is 3. The molecule has 3 atom stereocenters. The molecule has 1 heterocycles. The number of aliphatic imine (C=N–C) groups is 1. The molecule has 3 aliphatic carbocycles. The third-order valence-corrected chi connectivity index (χ3v) is 5.33. The number of nitrogens with zero attached hydrogens (tertiary/aromatic N) is 2. The maximum Gasteiger partial charge on any atom is 0.103 e. The predicted molar refractivity (Wildman–Crippen MR) is 76.0 cm³/mol. The van der Waals surface area contributed by atoms with Crippen molar-refractivity contribution < 1.29 is 5.11 Å². The van der Waals surface area contributed by atoms with Crippen LogP contribution in [0.25, 0.3) is 0 Å². The van der Waals surface area contributed by atoms with Crippen molar-refractivity contribution in [2.24, 2.45) is 22.2 Å². The smallest absolute Gasteiger partial charge is 0.103 e. The van der Waals surface area contributed by atoms with E-state index in [2.05, 4.69) is 23.8 Å². The standard InChI is InChI=1S/C16H22N2O/c1-15(2)11-8-13(15)16(3,19)14(9-11)18-10-12-6-4-5-7-17-12/h4-7,11,13,19H,8-10H2,1-3H3/t11-,13-,16-/m0/s1. The summed E-state index contributed by atoms with van der Waals surface area (Å²) >= 11 is 0. The van der Waals surface area contributed by atoms with Gasteiger partial charge in [0.05, 0.1) is 12.2 Å². The number of aromatic nitrogens is 1. The van der Waals surface area contributed by atoms with Crippen LogP contribution < -0.4 is 0 Å². The van der Waals surface area contributed by atoms with Crippen LogP contribution >= 0.6 is 0 Å². The van der Waals surface area contributed by atoms with Crippen LogP contribution in [0.15, 0.2) is 29.4 Å². The summed E-state index contributed by atoms with van der Waals surface area (Å²) in [7, 11) is 0. The summed E-state index contributed by atoms with van der Waals surface area (Å²) in [5.41, 5.74) is 1.45. The van der Waals surface area contributed by atoms with Crippen LogP contribution in [0.3, 0.4) is 0 Å². The first-order valence-corrected chi connectivity index (χ1v) is 7.08. The Morgan fingerprint density at radius 1 is 1.37 bits per heavy atom. The number of rotatable bonds is 2. The van der Waals surface area contributed by atoms with Crippen molar-refractivity contribution in [1.29, 1.82) is 0 Å². The summed E-state index contributed by atoms with van der Waals surface area (Å²) in [6.07, 6.45) is 3.86. The normalized spacial score (nSPS) is 38.0. The molecule has 3 fully saturated rings. The first-order chi connectivity index (χ1) is 8.92. The molecule has 0 radical (unpaired) electrons. The summed E-state index contributed by atoms with van der Waals surface area (Å²) in [4.78, 5) is 8.94. The highest BCUT2D eigenvalue weighted by molar-refractivity contribution is 5.94. The van der Waals surface area contributed by atoms with Crippen LogP contribution in [0.5, 0.6) is 0 Å². The first-order valence-electron chi connectivity index (χ1n) is 7.08. The molecule has 102 valence electrons. The summed E-state index contributed by atoms with van der Waals surface area (Å²) in [5, 5.41) is 10.8. The Bertz CT molecular complexity index is 505. The van der Waals surface area contributed by atoms with Crippen molar-refractivity contribution in [3.8, 4) is 0 Å². The molecule has 0 aliphatic heterocycles. The van der Waals surface area contributed by atoms with Crippen LogP contribution in [-0.2, 0) is 6.54 Å². The summed E-state index contributed by atoms with van der Waals surface area (Å²) in [6.45, 7) is 7.06. The number of fused-ring (bicyclic) bond motifs is 2. The minimum absolute atomic E-state index is 0.257. The van der Waals surface area contributed by atoms with Crippen molar-refractivity contribution in [3.63, 3.8) is 0 Å². The molecule has 1 N–H and O–H groups in total. The Labute approximate surface area is 114 Å². The Kier molecular flexibility index (Phi) is 2.79. The van der Waals surface area contributed by atoms with Crippen LogP contribution in [0.2, 0.25) is 0 Å². The van der Waals surface area contributed by atoms with Crippen molar-refractivity contribution in [2.45, 2.75) is 45.8 Å². The fraction of sp³-hybridized carbons (Fsp3) is 0.625. The van der Waals surface area contributed by atoms with Crippen LogP contribution in [0, 0.1) is 17.3 Å². The maximum absolute atomic E-state index is 10.8. The second kappa shape index (κ2) is 4.14. The fourth-order valence-electron chi connectivity index (χ4n) is 3.85. The van der Waals surface area contributed by atoms with Gasteiger partial charge in [-0.25, -0.2) is 0 Å². The molecule has 0 unspecified atom stereocenters. The highest BCUT2D eigenvalue weighted by Gasteiger charge is 2.61. The van der Waals surface area contributed by atoms with E-state index in [-0.39, 0.29) is 5.41 Å². The van der Waals surface area contributed by atoms with Gasteiger partial charge < -0.3 is 5.11 Å². The van der Waals surface area contributed by atoms with E-state index in [1.54, 1.807) is 6.20 Å². The van der Waals surface area contributed by atoms with Gasteiger partial charge in [0.1, 0.15) is 5.60 Å². The van der Waals surface area contributed by atoms with Gasteiger partial charge in [-0.15, -0.1) is 0 Å². The van der Waals surface area contributed by atoms with Crippen LogP contribution in [0.1, 0.15) is 39.3 Å². The zero-order chi connectivity index (χ0) is 13.7. The van der Waals surface area contributed by atoms with E-state index >= 15 is 0 Å². The van der Waals surface area contributed by atoms with Crippen LogP contribution in [-0.4, -0.2) is 21.4 Å². The molecule has 4 rings (SSSR count). The third kappa shape index (κ3) is 1.91. The zero-order valence-electron chi connectivity index (χ0n) is 11.9. The maximum atomic E-state index is 10.8. The Hall–Kier alpha value is -1.22. The molecule has 3 nitrogen and oxygen atoms in total. The molecule has 19 heavy (non-hydrogen) atoms. The molecule has 3 saturated carbocycles. The third-order valence-electron chi connectivity index (χ3n) is 5.33. The molecule has 3 aliphatic rings. The van der Waals surface area contributed by atoms with Gasteiger partial charge in [0.2, 0.25) is 0 Å². The highest BCUT2D eigenvalue weighted by atomic mass is 16.3. The highest BCUT2D eigenvalue weighted by Crippen LogP contribution is 2.61. The molecule has 1 aromatic rings. The molecule has 0 aromatic carbocycles. The van der Waals surface area contributed by atoms with Crippen molar-refractivity contribution in [1.82, 2.24) is 4.98 Å². The summed E-state index contributed by atoms with van der Waals surface area (Å²) in [5.74, 6) is 1.03. The second-order valence-electron chi connectivity index (χ2n) is 6.74. The van der Waals surface area contributed by atoms with E-state index in [4.69, 9.17) is 0 Å². The largest absolute Gasteiger partial charge is 0.384 e. The van der Waals surface area contributed by atoms with Gasteiger partial charge in [0, 0.05) is 11.9 Å². The lowest BCUT2D eigenvalue weighted by molar-refractivity contribution is -0.134. The van der Waals surface area contributed by atoms with Gasteiger partial charge in [-0.1, -0.05) is 19.9 Å². The van der Waals surface area contributed by atoms with E-state index in [0.717, 1.165) is 24.2 Å². The number of pyridine rings is 1. The molecule has 1 aromatic heterocycles.